The van der Waals surface area contributed by atoms with Gasteiger partial charge in [-0.1, -0.05) is 0 Å². The monoisotopic (exact) mass is 293 g/mol. The number of rotatable bonds is 2. The molecule has 5 nitrogen and oxygen atoms in total. The van der Waals surface area contributed by atoms with Crippen LogP contribution in [0.2, 0.25) is 0 Å². The van der Waals surface area contributed by atoms with Crippen molar-refractivity contribution in [2.75, 3.05) is 5.73 Å². The summed E-state index contributed by atoms with van der Waals surface area (Å²) in [7, 11) is 0. The summed E-state index contributed by atoms with van der Waals surface area (Å²) in [6, 6.07) is 7.73. The van der Waals surface area contributed by atoms with Crippen LogP contribution in [0.1, 0.15) is 11.3 Å². The molecule has 0 radical (unpaired) electrons. The Bertz CT molecular complexity index is 833. The molecular formula is C15H11N5S. The minimum atomic E-state index is 0.231. The lowest BCUT2D eigenvalue weighted by molar-refractivity contribution is 1.25. The number of nitrogen functional groups attached to an aromatic ring is 1. The van der Waals surface area contributed by atoms with E-state index in [1.165, 1.54) is 11.3 Å². The molecule has 0 bridgehead atoms. The number of nitriles is 1. The largest absolute Gasteiger partial charge is 0.383 e. The summed E-state index contributed by atoms with van der Waals surface area (Å²) < 4.78 is 0. The molecule has 21 heavy (non-hydrogen) atoms. The van der Waals surface area contributed by atoms with E-state index in [9.17, 15) is 5.26 Å². The van der Waals surface area contributed by atoms with Crippen LogP contribution >= 0.6 is 11.3 Å². The van der Waals surface area contributed by atoms with Crippen LogP contribution in [-0.2, 0) is 0 Å². The molecule has 0 fully saturated rings. The van der Waals surface area contributed by atoms with Gasteiger partial charge in [-0.2, -0.15) is 5.26 Å². The Morgan fingerprint density at radius 2 is 2.05 bits per heavy atom. The molecule has 2 N–H and O–H groups in total. The van der Waals surface area contributed by atoms with Gasteiger partial charge in [0.15, 0.2) is 0 Å². The van der Waals surface area contributed by atoms with Crippen molar-refractivity contribution in [3.05, 3.63) is 47.4 Å². The summed E-state index contributed by atoms with van der Waals surface area (Å²) in [4.78, 5) is 13.5. The van der Waals surface area contributed by atoms with Gasteiger partial charge >= 0.3 is 0 Å². The molecule has 0 aliphatic heterocycles. The Labute approximate surface area is 125 Å². The number of hydrogen-bond acceptors (Lipinski definition) is 6. The molecule has 0 unspecified atom stereocenters. The first-order valence-corrected chi connectivity index (χ1v) is 7.10. The van der Waals surface area contributed by atoms with Gasteiger partial charge in [0.05, 0.1) is 21.8 Å². The SMILES string of the molecule is Cc1ncsc1-c1cc(-c2ccncc2)nc(N)c1C#N. The Balaban J connectivity index is 2.26. The lowest BCUT2D eigenvalue weighted by atomic mass is 10.0. The summed E-state index contributed by atoms with van der Waals surface area (Å²) in [6.45, 7) is 1.91. The maximum atomic E-state index is 9.35. The molecule has 3 rings (SSSR count). The number of pyridine rings is 2. The molecular weight excluding hydrogens is 282 g/mol. The first kappa shape index (κ1) is 13.2. The van der Waals surface area contributed by atoms with Crippen molar-refractivity contribution in [1.29, 1.82) is 5.26 Å². The van der Waals surface area contributed by atoms with Gasteiger partial charge in [-0.25, -0.2) is 9.97 Å². The van der Waals surface area contributed by atoms with Crippen LogP contribution in [0.25, 0.3) is 21.7 Å². The van der Waals surface area contributed by atoms with Crippen molar-refractivity contribution in [2.24, 2.45) is 0 Å². The fraction of sp³-hybridized carbons (Fsp3) is 0.0667. The zero-order valence-electron chi connectivity index (χ0n) is 11.2. The van der Waals surface area contributed by atoms with Crippen LogP contribution in [-0.4, -0.2) is 15.0 Å². The molecule has 0 saturated heterocycles. The Morgan fingerprint density at radius 1 is 1.29 bits per heavy atom. The first-order chi connectivity index (χ1) is 10.2. The third-order valence-corrected chi connectivity index (χ3v) is 4.09. The average Bonchev–Trinajstić information content (AvgIpc) is 2.93. The lowest BCUT2D eigenvalue weighted by Gasteiger charge is -2.09. The van der Waals surface area contributed by atoms with Crippen molar-refractivity contribution in [3.8, 4) is 27.8 Å². The van der Waals surface area contributed by atoms with Gasteiger partial charge in [0.25, 0.3) is 0 Å². The van der Waals surface area contributed by atoms with E-state index in [4.69, 9.17) is 5.73 Å². The second kappa shape index (κ2) is 5.31. The zero-order chi connectivity index (χ0) is 14.8. The molecule has 3 aromatic rings. The molecule has 0 amide bonds. The van der Waals surface area contributed by atoms with E-state index >= 15 is 0 Å². The van der Waals surface area contributed by atoms with Crippen molar-refractivity contribution >= 4 is 17.2 Å². The lowest BCUT2D eigenvalue weighted by Crippen LogP contribution is -1.99. The molecule has 0 spiro atoms. The summed E-state index contributed by atoms with van der Waals surface area (Å²) in [5.74, 6) is 0.231. The highest BCUT2D eigenvalue weighted by Crippen LogP contribution is 2.34. The second-order valence-corrected chi connectivity index (χ2v) is 5.28. The second-order valence-electron chi connectivity index (χ2n) is 4.43. The molecule has 102 valence electrons. The van der Waals surface area contributed by atoms with Gasteiger partial charge in [0.1, 0.15) is 17.5 Å². The average molecular weight is 293 g/mol. The normalized spacial score (nSPS) is 10.3. The number of anilines is 1. The van der Waals surface area contributed by atoms with E-state index in [1.807, 2.05) is 25.1 Å². The predicted molar refractivity (Wildman–Crippen MR) is 82.4 cm³/mol. The van der Waals surface area contributed by atoms with Gasteiger partial charge in [0, 0.05) is 23.5 Å². The molecule has 3 heterocycles. The zero-order valence-corrected chi connectivity index (χ0v) is 12.1. The first-order valence-electron chi connectivity index (χ1n) is 6.22. The number of aromatic nitrogens is 3. The number of aryl methyl sites for hydroxylation is 1. The van der Waals surface area contributed by atoms with E-state index in [2.05, 4.69) is 21.0 Å². The molecule has 0 aliphatic carbocycles. The smallest absolute Gasteiger partial charge is 0.142 e. The Hall–Kier alpha value is -2.78. The van der Waals surface area contributed by atoms with Crippen molar-refractivity contribution in [1.82, 2.24) is 15.0 Å². The molecule has 6 heteroatoms. The van der Waals surface area contributed by atoms with Gasteiger partial charge in [-0.15, -0.1) is 11.3 Å². The number of thiazole rings is 1. The maximum Gasteiger partial charge on any atom is 0.142 e. The number of hydrogen-bond donors (Lipinski definition) is 1. The highest BCUT2D eigenvalue weighted by atomic mass is 32.1. The summed E-state index contributed by atoms with van der Waals surface area (Å²) >= 11 is 1.49. The highest BCUT2D eigenvalue weighted by molar-refractivity contribution is 7.13. The fourth-order valence-electron chi connectivity index (χ4n) is 2.09. The Kier molecular flexibility index (Phi) is 3.34. The topological polar surface area (TPSA) is 88.5 Å². The predicted octanol–water partition coefficient (Wildman–Crippen LogP) is 3.03. The molecule has 0 aromatic carbocycles. The van der Waals surface area contributed by atoms with Crippen LogP contribution in [0, 0.1) is 18.3 Å². The third kappa shape index (κ3) is 2.35. The van der Waals surface area contributed by atoms with Crippen molar-refractivity contribution in [3.63, 3.8) is 0 Å². The van der Waals surface area contributed by atoms with Crippen LogP contribution in [0.4, 0.5) is 5.82 Å². The summed E-state index contributed by atoms with van der Waals surface area (Å²) in [5, 5.41) is 9.35. The van der Waals surface area contributed by atoms with Crippen molar-refractivity contribution < 1.29 is 0 Å². The highest BCUT2D eigenvalue weighted by Gasteiger charge is 2.16. The minimum Gasteiger partial charge on any atom is -0.383 e. The molecule has 3 aromatic heterocycles. The van der Waals surface area contributed by atoms with E-state index in [1.54, 1.807) is 17.9 Å². The van der Waals surface area contributed by atoms with E-state index in [-0.39, 0.29) is 5.82 Å². The van der Waals surface area contributed by atoms with Crippen LogP contribution in [0.5, 0.6) is 0 Å². The third-order valence-electron chi connectivity index (χ3n) is 3.13. The number of nitrogens with zero attached hydrogens (tertiary/aromatic N) is 4. The maximum absolute atomic E-state index is 9.35. The van der Waals surface area contributed by atoms with Crippen LogP contribution in [0.15, 0.2) is 36.1 Å². The van der Waals surface area contributed by atoms with E-state index in [0.29, 0.717) is 5.56 Å². The minimum absolute atomic E-state index is 0.231. The standard InChI is InChI=1S/C15H11N5S/c1-9-14(21-8-19-9)11-6-13(10-2-4-18-5-3-10)20-15(17)12(11)7-16/h2-6,8H,1H3,(H2,17,20). The summed E-state index contributed by atoms with van der Waals surface area (Å²) in [5.41, 5.74) is 11.4. The number of nitrogens with two attached hydrogens (primary N) is 1. The van der Waals surface area contributed by atoms with E-state index in [0.717, 1.165) is 27.4 Å². The molecule has 0 atom stereocenters. The van der Waals surface area contributed by atoms with Gasteiger partial charge in [-0.05, 0) is 25.1 Å². The van der Waals surface area contributed by atoms with E-state index < -0.39 is 0 Å². The fourth-order valence-corrected chi connectivity index (χ4v) is 2.92. The molecule has 0 aliphatic rings. The Morgan fingerprint density at radius 3 is 2.67 bits per heavy atom. The van der Waals surface area contributed by atoms with Crippen molar-refractivity contribution in [2.45, 2.75) is 6.92 Å². The van der Waals surface area contributed by atoms with Gasteiger partial charge in [0.2, 0.25) is 0 Å². The quantitative estimate of drug-likeness (QED) is 0.784. The van der Waals surface area contributed by atoms with Crippen LogP contribution in [0.3, 0.4) is 0 Å². The molecule has 0 saturated carbocycles. The van der Waals surface area contributed by atoms with Crippen LogP contribution < -0.4 is 5.73 Å². The van der Waals surface area contributed by atoms with Gasteiger partial charge < -0.3 is 5.73 Å². The summed E-state index contributed by atoms with van der Waals surface area (Å²) in [6.07, 6.45) is 3.39. The van der Waals surface area contributed by atoms with Gasteiger partial charge in [-0.3, -0.25) is 4.98 Å².